The first-order valence-corrected chi connectivity index (χ1v) is 5.34. The standard InChI is InChI=1S/C6H6BrFN2OS/c7-5-3-4(12(9,10)11)1-2-6(5)8/h1-3H,(H3,9,10,11). The van der Waals surface area contributed by atoms with E-state index in [-0.39, 0.29) is 9.37 Å². The molecule has 12 heavy (non-hydrogen) atoms. The van der Waals surface area contributed by atoms with E-state index in [1.807, 2.05) is 0 Å². The van der Waals surface area contributed by atoms with E-state index < -0.39 is 15.7 Å². The van der Waals surface area contributed by atoms with Gasteiger partial charge in [0.05, 0.1) is 9.37 Å². The van der Waals surface area contributed by atoms with E-state index in [2.05, 4.69) is 15.9 Å². The summed E-state index contributed by atoms with van der Waals surface area (Å²) in [5.74, 6) is -0.470. The summed E-state index contributed by atoms with van der Waals surface area (Å²) in [7, 11) is -3.24. The van der Waals surface area contributed by atoms with Gasteiger partial charge in [0.2, 0.25) is 0 Å². The Labute approximate surface area is 78.0 Å². The molecule has 0 aliphatic rings. The summed E-state index contributed by atoms with van der Waals surface area (Å²) >= 11 is 2.90. The first-order chi connectivity index (χ1) is 5.41. The van der Waals surface area contributed by atoms with E-state index in [1.165, 1.54) is 12.1 Å². The summed E-state index contributed by atoms with van der Waals surface area (Å²) in [6.07, 6.45) is 0. The second kappa shape index (κ2) is 3.12. The van der Waals surface area contributed by atoms with Gasteiger partial charge in [-0.2, -0.15) is 0 Å². The highest BCUT2D eigenvalue weighted by atomic mass is 79.9. The fourth-order valence-electron chi connectivity index (χ4n) is 0.665. The molecule has 0 spiro atoms. The maximum atomic E-state index is 12.6. The predicted octanol–water partition coefficient (Wildman–Crippen LogP) is 1.87. The molecule has 0 amide bonds. The summed E-state index contributed by atoms with van der Waals surface area (Å²) in [4.78, 5) is 0.107. The Hall–Kier alpha value is -0.460. The van der Waals surface area contributed by atoms with Gasteiger partial charge in [0.25, 0.3) is 0 Å². The minimum absolute atomic E-state index is 0.107. The summed E-state index contributed by atoms with van der Waals surface area (Å²) in [5.41, 5.74) is 0. The number of halogens is 2. The topological polar surface area (TPSA) is 66.9 Å². The molecular weight excluding hydrogens is 247 g/mol. The zero-order valence-corrected chi connectivity index (χ0v) is 8.28. The molecule has 1 aromatic rings. The maximum Gasteiger partial charge on any atom is 0.137 e. The van der Waals surface area contributed by atoms with Crippen molar-refractivity contribution in [2.45, 2.75) is 4.90 Å². The van der Waals surface area contributed by atoms with E-state index in [0.717, 1.165) is 6.07 Å². The van der Waals surface area contributed by atoms with Gasteiger partial charge < -0.3 is 0 Å². The lowest BCUT2D eigenvalue weighted by Crippen LogP contribution is -2.10. The fourth-order valence-corrected chi connectivity index (χ4v) is 1.76. The fraction of sp³-hybridized carbons (Fsp3) is 0. The van der Waals surface area contributed by atoms with E-state index in [1.54, 1.807) is 0 Å². The average molecular weight is 253 g/mol. The van der Waals surface area contributed by atoms with Crippen LogP contribution in [0.5, 0.6) is 0 Å². The third-order valence-electron chi connectivity index (χ3n) is 1.24. The van der Waals surface area contributed by atoms with Crippen molar-refractivity contribution in [3.63, 3.8) is 0 Å². The lowest BCUT2D eigenvalue weighted by atomic mass is 10.3. The number of benzene rings is 1. The highest BCUT2D eigenvalue weighted by molar-refractivity contribution is 9.10. The summed E-state index contributed by atoms with van der Waals surface area (Å²) in [6.45, 7) is 0. The minimum Gasteiger partial charge on any atom is -0.241 e. The summed E-state index contributed by atoms with van der Waals surface area (Å²) in [5, 5.41) is 5.03. The number of rotatable bonds is 1. The Morgan fingerprint density at radius 2 is 2.17 bits per heavy atom. The zero-order valence-electron chi connectivity index (χ0n) is 5.88. The van der Waals surface area contributed by atoms with Crippen molar-refractivity contribution in [3.05, 3.63) is 28.5 Å². The molecule has 0 radical (unpaired) electrons. The van der Waals surface area contributed by atoms with Gasteiger partial charge in [0.1, 0.15) is 15.7 Å². The molecule has 3 N–H and O–H groups in total. The van der Waals surface area contributed by atoms with Crippen molar-refractivity contribution >= 4 is 25.8 Å². The molecule has 0 bridgehead atoms. The van der Waals surface area contributed by atoms with Crippen LogP contribution in [0.3, 0.4) is 0 Å². The monoisotopic (exact) mass is 252 g/mol. The average Bonchev–Trinajstić information content (AvgIpc) is 1.92. The van der Waals surface area contributed by atoms with Crippen LogP contribution in [0.25, 0.3) is 0 Å². The van der Waals surface area contributed by atoms with Crippen LogP contribution in [0.15, 0.2) is 27.6 Å². The second-order valence-corrected chi connectivity index (χ2v) is 4.70. The van der Waals surface area contributed by atoms with Crippen molar-refractivity contribution in [1.82, 2.24) is 0 Å². The van der Waals surface area contributed by atoms with Gasteiger partial charge in [0.15, 0.2) is 0 Å². The molecule has 66 valence electrons. The molecule has 0 heterocycles. The molecule has 1 unspecified atom stereocenters. The Bertz CT molecular complexity index is 404. The van der Waals surface area contributed by atoms with Crippen molar-refractivity contribution in [3.8, 4) is 0 Å². The van der Waals surface area contributed by atoms with Crippen LogP contribution in [0.1, 0.15) is 0 Å². The molecule has 0 saturated heterocycles. The van der Waals surface area contributed by atoms with E-state index in [4.69, 9.17) is 9.92 Å². The van der Waals surface area contributed by atoms with Crippen LogP contribution in [-0.2, 0) is 9.92 Å². The number of hydrogen-bond acceptors (Lipinski definition) is 2. The first-order valence-electron chi connectivity index (χ1n) is 2.93. The molecule has 0 saturated carbocycles. The van der Waals surface area contributed by atoms with E-state index in [0.29, 0.717) is 0 Å². The molecule has 0 aliphatic heterocycles. The molecule has 0 aliphatic carbocycles. The van der Waals surface area contributed by atoms with Crippen molar-refractivity contribution < 1.29 is 8.60 Å². The minimum atomic E-state index is -3.24. The van der Waals surface area contributed by atoms with Crippen LogP contribution in [0.4, 0.5) is 4.39 Å². The zero-order chi connectivity index (χ0) is 9.35. The predicted molar refractivity (Wildman–Crippen MR) is 47.4 cm³/mol. The summed E-state index contributed by atoms with van der Waals surface area (Å²) < 4.78 is 30.8. The molecule has 6 heteroatoms. The van der Waals surface area contributed by atoms with Gasteiger partial charge in [-0.3, -0.25) is 0 Å². The van der Waals surface area contributed by atoms with E-state index >= 15 is 0 Å². The lowest BCUT2D eigenvalue weighted by molar-refractivity contribution is 0.619. The van der Waals surface area contributed by atoms with Gasteiger partial charge >= 0.3 is 0 Å². The van der Waals surface area contributed by atoms with Crippen LogP contribution in [-0.4, -0.2) is 4.21 Å². The smallest absolute Gasteiger partial charge is 0.137 e. The molecule has 0 aromatic heterocycles. The van der Waals surface area contributed by atoms with Gasteiger partial charge in [-0.15, -0.1) is 0 Å². The van der Waals surface area contributed by atoms with Gasteiger partial charge in [-0.1, -0.05) is 0 Å². The highest BCUT2D eigenvalue weighted by Crippen LogP contribution is 2.18. The van der Waals surface area contributed by atoms with Crippen molar-refractivity contribution in [2.75, 3.05) is 0 Å². The first kappa shape index (κ1) is 9.63. The normalized spacial score (nSPS) is 15.6. The van der Waals surface area contributed by atoms with Crippen molar-refractivity contribution in [2.24, 2.45) is 5.14 Å². The largest absolute Gasteiger partial charge is 0.241 e. The molecule has 3 nitrogen and oxygen atoms in total. The number of hydrogen-bond donors (Lipinski definition) is 2. The molecule has 1 aromatic carbocycles. The van der Waals surface area contributed by atoms with Crippen LogP contribution in [0, 0.1) is 10.6 Å². The van der Waals surface area contributed by atoms with Crippen LogP contribution in [0.2, 0.25) is 0 Å². The Kier molecular flexibility index (Phi) is 2.50. The molecule has 1 atom stereocenters. The Balaban J connectivity index is 3.33. The van der Waals surface area contributed by atoms with Gasteiger partial charge in [-0.05, 0) is 34.1 Å². The van der Waals surface area contributed by atoms with Crippen molar-refractivity contribution in [1.29, 1.82) is 4.78 Å². The van der Waals surface area contributed by atoms with Gasteiger partial charge in [0, 0.05) is 0 Å². The van der Waals surface area contributed by atoms with E-state index in [9.17, 15) is 8.60 Å². The lowest BCUT2D eigenvalue weighted by Gasteiger charge is -2.01. The number of nitrogens with one attached hydrogen (secondary N) is 1. The summed E-state index contributed by atoms with van der Waals surface area (Å²) in [6, 6.07) is 3.58. The number of nitrogens with two attached hydrogens (primary N) is 1. The molecule has 0 fully saturated rings. The SMILES string of the molecule is N=S(N)(=O)c1ccc(F)c(Br)c1. The molecule has 1 rings (SSSR count). The third-order valence-corrected chi connectivity index (χ3v) is 2.80. The second-order valence-electron chi connectivity index (χ2n) is 2.18. The Morgan fingerprint density at radius 1 is 1.58 bits per heavy atom. The molecular formula is C6H6BrFN2OS. The highest BCUT2D eigenvalue weighted by Gasteiger charge is 2.06. The quantitative estimate of drug-likeness (QED) is 0.788. The third kappa shape index (κ3) is 2.02. The van der Waals surface area contributed by atoms with Crippen LogP contribution < -0.4 is 5.14 Å². The Morgan fingerprint density at radius 3 is 2.58 bits per heavy atom. The van der Waals surface area contributed by atoms with Gasteiger partial charge in [-0.25, -0.2) is 18.5 Å². The van der Waals surface area contributed by atoms with Crippen LogP contribution >= 0.6 is 15.9 Å². The maximum absolute atomic E-state index is 12.6.